The molecule has 2 rings (SSSR count). The number of halogens is 2. The largest absolute Gasteiger partial charge is 0.397 e. The van der Waals surface area contributed by atoms with Gasteiger partial charge in [0, 0.05) is 19.2 Å². The SMILES string of the molecule is CN1CCC(CNc2cc(F)c(I)cc2N)C1. The van der Waals surface area contributed by atoms with Crippen molar-refractivity contribution in [1.82, 2.24) is 4.90 Å². The Balaban J connectivity index is 1.97. The summed E-state index contributed by atoms with van der Waals surface area (Å²) >= 11 is 1.95. The van der Waals surface area contributed by atoms with E-state index in [2.05, 4.69) is 17.3 Å². The molecule has 1 atom stereocenters. The summed E-state index contributed by atoms with van der Waals surface area (Å²) in [4.78, 5) is 2.31. The third kappa shape index (κ3) is 3.22. The van der Waals surface area contributed by atoms with Gasteiger partial charge in [0.05, 0.1) is 14.9 Å². The predicted molar refractivity (Wildman–Crippen MR) is 77.6 cm³/mol. The smallest absolute Gasteiger partial charge is 0.138 e. The summed E-state index contributed by atoms with van der Waals surface area (Å²) < 4.78 is 14.0. The molecule has 3 nitrogen and oxygen atoms in total. The summed E-state index contributed by atoms with van der Waals surface area (Å²) in [6.07, 6.45) is 1.19. The minimum Gasteiger partial charge on any atom is -0.397 e. The minimum atomic E-state index is -0.217. The first-order chi connectivity index (χ1) is 8.06. The van der Waals surface area contributed by atoms with Gasteiger partial charge in [-0.1, -0.05) is 0 Å². The number of rotatable bonds is 3. The third-order valence-electron chi connectivity index (χ3n) is 3.16. The van der Waals surface area contributed by atoms with Crippen LogP contribution in [0.5, 0.6) is 0 Å². The first-order valence-electron chi connectivity index (χ1n) is 5.73. The molecule has 0 aromatic heterocycles. The van der Waals surface area contributed by atoms with Crippen molar-refractivity contribution in [3.63, 3.8) is 0 Å². The maximum Gasteiger partial charge on any atom is 0.138 e. The van der Waals surface area contributed by atoms with Crippen LogP contribution >= 0.6 is 22.6 Å². The highest BCUT2D eigenvalue weighted by Crippen LogP contribution is 2.25. The number of hydrogen-bond donors (Lipinski definition) is 2. The van der Waals surface area contributed by atoms with Gasteiger partial charge < -0.3 is 16.0 Å². The molecule has 1 aliphatic rings. The first-order valence-corrected chi connectivity index (χ1v) is 6.81. The highest BCUT2D eigenvalue weighted by molar-refractivity contribution is 14.1. The van der Waals surface area contributed by atoms with Crippen LogP contribution in [0.25, 0.3) is 0 Å². The van der Waals surface area contributed by atoms with Crippen molar-refractivity contribution in [3.8, 4) is 0 Å². The number of nitrogen functional groups attached to an aromatic ring is 1. The average molecular weight is 349 g/mol. The number of nitrogens with two attached hydrogens (primary N) is 1. The summed E-state index contributed by atoms with van der Waals surface area (Å²) in [5, 5.41) is 3.25. The monoisotopic (exact) mass is 349 g/mol. The molecule has 3 N–H and O–H groups in total. The zero-order valence-electron chi connectivity index (χ0n) is 9.84. The van der Waals surface area contributed by atoms with E-state index < -0.39 is 0 Å². The van der Waals surface area contributed by atoms with Crippen molar-refractivity contribution in [2.24, 2.45) is 5.92 Å². The van der Waals surface area contributed by atoms with Crippen LogP contribution in [0.1, 0.15) is 6.42 Å². The van der Waals surface area contributed by atoms with Crippen LogP contribution in [0.4, 0.5) is 15.8 Å². The molecule has 1 aromatic rings. The second-order valence-corrected chi connectivity index (χ2v) is 5.81. The Bertz CT molecular complexity index is 411. The molecule has 0 aliphatic carbocycles. The van der Waals surface area contributed by atoms with Gasteiger partial charge in [-0.25, -0.2) is 4.39 Å². The standard InChI is InChI=1S/C12H17FIN3/c1-17-3-2-8(7-17)6-16-12-4-9(13)10(14)5-11(12)15/h4-5,8,16H,2-3,6-7,15H2,1H3. The van der Waals surface area contributed by atoms with E-state index in [1.807, 2.05) is 22.6 Å². The summed E-state index contributed by atoms with van der Waals surface area (Å²) in [5.41, 5.74) is 7.18. The van der Waals surface area contributed by atoms with Crippen molar-refractivity contribution in [3.05, 3.63) is 21.5 Å². The molecule has 0 radical (unpaired) electrons. The normalized spacial score (nSPS) is 20.8. The van der Waals surface area contributed by atoms with Crippen molar-refractivity contribution < 1.29 is 4.39 Å². The quantitative estimate of drug-likeness (QED) is 0.650. The lowest BCUT2D eigenvalue weighted by Crippen LogP contribution is -2.19. The molecule has 17 heavy (non-hydrogen) atoms. The molecular weight excluding hydrogens is 332 g/mol. The van der Waals surface area contributed by atoms with Crippen LogP contribution in [-0.2, 0) is 0 Å². The second-order valence-electron chi connectivity index (χ2n) is 4.65. The Morgan fingerprint density at radius 2 is 2.35 bits per heavy atom. The Morgan fingerprint density at radius 3 is 3.00 bits per heavy atom. The van der Waals surface area contributed by atoms with Crippen LogP contribution in [-0.4, -0.2) is 31.6 Å². The van der Waals surface area contributed by atoms with Gasteiger partial charge in [-0.2, -0.15) is 0 Å². The van der Waals surface area contributed by atoms with E-state index >= 15 is 0 Å². The Kier molecular flexibility index (Phi) is 4.09. The van der Waals surface area contributed by atoms with Gasteiger partial charge in [0.15, 0.2) is 0 Å². The zero-order valence-corrected chi connectivity index (χ0v) is 12.0. The number of likely N-dealkylation sites (tertiary alicyclic amines) is 1. The maximum atomic E-state index is 13.4. The van der Waals surface area contributed by atoms with Gasteiger partial charge >= 0.3 is 0 Å². The van der Waals surface area contributed by atoms with Crippen molar-refractivity contribution >= 4 is 34.0 Å². The van der Waals surface area contributed by atoms with Gasteiger partial charge in [0.1, 0.15) is 5.82 Å². The maximum absolute atomic E-state index is 13.4. The predicted octanol–water partition coefficient (Wildman–Crippen LogP) is 2.38. The molecule has 1 unspecified atom stereocenters. The number of benzene rings is 1. The first kappa shape index (κ1) is 12.9. The van der Waals surface area contributed by atoms with E-state index in [0.717, 1.165) is 19.6 Å². The lowest BCUT2D eigenvalue weighted by Gasteiger charge is -2.14. The van der Waals surface area contributed by atoms with Crippen LogP contribution in [0.2, 0.25) is 0 Å². The average Bonchev–Trinajstić information content (AvgIpc) is 2.68. The van der Waals surface area contributed by atoms with E-state index in [4.69, 9.17) is 5.73 Å². The van der Waals surface area contributed by atoms with Gasteiger partial charge in [0.25, 0.3) is 0 Å². The number of nitrogens with one attached hydrogen (secondary N) is 1. The molecule has 1 saturated heterocycles. The van der Waals surface area contributed by atoms with Crippen LogP contribution < -0.4 is 11.1 Å². The van der Waals surface area contributed by atoms with E-state index in [9.17, 15) is 4.39 Å². The minimum absolute atomic E-state index is 0.217. The van der Waals surface area contributed by atoms with Crippen molar-refractivity contribution in [1.29, 1.82) is 0 Å². The van der Waals surface area contributed by atoms with Gasteiger partial charge in [-0.15, -0.1) is 0 Å². The van der Waals surface area contributed by atoms with E-state index in [0.29, 0.717) is 20.9 Å². The molecule has 1 fully saturated rings. The molecule has 1 heterocycles. The van der Waals surface area contributed by atoms with Crippen LogP contribution in [0, 0.1) is 15.3 Å². The summed E-state index contributed by atoms with van der Waals surface area (Å²) in [6.45, 7) is 3.09. The molecule has 0 saturated carbocycles. The van der Waals surface area contributed by atoms with Gasteiger partial charge in [-0.05, 0) is 54.6 Å². The van der Waals surface area contributed by atoms with E-state index in [1.165, 1.54) is 12.5 Å². The van der Waals surface area contributed by atoms with Crippen LogP contribution in [0.15, 0.2) is 12.1 Å². The second kappa shape index (κ2) is 5.39. The Labute approximate surface area is 115 Å². The molecule has 1 aromatic carbocycles. The van der Waals surface area contributed by atoms with E-state index in [-0.39, 0.29) is 5.82 Å². The third-order valence-corrected chi connectivity index (χ3v) is 3.99. The Morgan fingerprint density at radius 1 is 1.59 bits per heavy atom. The molecular formula is C12H17FIN3. The number of anilines is 2. The topological polar surface area (TPSA) is 41.3 Å². The lowest BCUT2D eigenvalue weighted by molar-refractivity contribution is 0.399. The van der Waals surface area contributed by atoms with Crippen LogP contribution in [0.3, 0.4) is 0 Å². The fourth-order valence-electron chi connectivity index (χ4n) is 2.16. The molecule has 94 valence electrons. The molecule has 0 amide bonds. The van der Waals surface area contributed by atoms with Gasteiger partial charge in [0.2, 0.25) is 0 Å². The van der Waals surface area contributed by atoms with Gasteiger partial charge in [-0.3, -0.25) is 0 Å². The molecule has 0 spiro atoms. The fraction of sp³-hybridized carbons (Fsp3) is 0.500. The highest BCUT2D eigenvalue weighted by Gasteiger charge is 2.19. The molecule has 1 aliphatic heterocycles. The number of nitrogens with zero attached hydrogens (tertiary/aromatic N) is 1. The molecule has 0 bridgehead atoms. The van der Waals surface area contributed by atoms with Crippen molar-refractivity contribution in [2.45, 2.75) is 6.42 Å². The lowest BCUT2D eigenvalue weighted by atomic mass is 10.1. The van der Waals surface area contributed by atoms with Crippen molar-refractivity contribution in [2.75, 3.05) is 37.7 Å². The molecule has 5 heteroatoms. The summed E-state index contributed by atoms with van der Waals surface area (Å²) in [7, 11) is 2.12. The zero-order chi connectivity index (χ0) is 12.4. The fourth-order valence-corrected chi connectivity index (χ4v) is 2.65. The van der Waals surface area contributed by atoms with E-state index in [1.54, 1.807) is 6.07 Å². The summed E-state index contributed by atoms with van der Waals surface area (Å²) in [5.74, 6) is 0.410. The Hall–Kier alpha value is -0.560. The number of hydrogen-bond acceptors (Lipinski definition) is 3. The summed E-state index contributed by atoms with van der Waals surface area (Å²) in [6, 6.07) is 3.15. The highest BCUT2D eigenvalue weighted by atomic mass is 127.